The van der Waals surface area contributed by atoms with Gasteiger partial charge in [0.05, 0.1) is 23.1 Å². The lowest BCUT2D eigenvalue weighted by molar-refractivity contribution is 0.102. The molecule has 6 nitrogen and oxygen atoms in total. The minimum absolute atomic E-state index is 0.160. The maximum atomic E-state index is 12.3. The van der Waals surface area contributed by atoms with Gasteiger partial charge < -0.3 is 14.8 Å². The third-order valence-electron chi connectivity index (χ3n) is 5.07. The molecule has 1 aliphatic rings. The van der Waals surface area contributed by atoms with Crippen molar-refractivity contribution in [3.63, 3.8) is 0 Å². The topological polar surface area (TPSA) is 63.1 Å². The molecular weight excluding hydrogens is 350 g/mol. The molecule has 0 unspecified atom stereocenters. The Hall–Kier alpha value is -3.67. The number of pyridine rings is 1. The molecule has 2 aromatic heterocycles. The van der Waals surface area contributed by atoms with E-state index in [1.54, 1.807) is 24.5 Å². The zero-order valence-corrected chi connectivity index (χ0v) is 15.2. The Morgan fingerprint density at radius 1 is 0.964 bits per heavy atom. The molecule has 1 amide bonds. The summed E-state index contributed by atoms with van der Waals surface area (Å²) in [6.45, 7) is 2.61. The number of imidazole rings is 1. The molecule has 0 fully saturated rings. The summed E-state index contributed by atoms with van der Waals surface area (Å²) in [6.07, 6.45) is 3.21. The molecule has 0 atom stereocenters. The second-order valence-electron chi connectivity index (χ2n) is 6.83. The molecule has 0 spiro atoms. The normalized spacial score (nSPS) is 13.4. The quantitative estimate of drug-likeness (QED) is 0.598. The first-order chi connectivity index (χ1) is 13.8. The van der Waals surface area contributed by atoms with E-state index in [1.165, 1.54) is 5.52 Å². The molecular formula is C22H19N5O. The number of fused-ring (bicyclic) bond motifs is 3. The van der Waals surface area contributed by atoms with E-state index in [9.17, 15) is 4.79 Å². The maximum Gasteiger partial charge on any atom is 0.257 e. The van der Waals surface area contributed by atoms with Crippen molar-refractivity contribution >= 4 is 28.3 Å². The number of hydrogen-bond acceptors (Lipinski definition) is 4. The van der Waals surface area contributed by atoms with Gasteiger partial charge in [-0.1, -0.05) is 12.1 Å². The molecule has 0 radical (unpaired) electrons. The second kappa shape index (κ2) is 6.81. The SMILES string of the molecule is O=C(Nc1ccc(N2CCn3c(nc4ccccc43)C2)cc1)c1cccnc1. The minimum Gasteiger partial charge on any atom is -0.362 e. The summed E-state index contributed by atoms with van der Waals surface area (Å²) in [4.78, 5) is 23.3. The lowest BCUT2D eigenvalue weighted by Gasteiger charge is -2.30. The number of carbonyl (C=O) groups excluding carboxylic acids is 1. The van der Waals surface area contributed by atoms with Crippen molar-refractivity contribution in [3.8, 4) is 0 Å². The van der Waals surface area contributed by atoms with Gasteiger partial charge in [0.2, 0.25) is 0 Å². The molecule has 0 saturated carbocycles. The average Bonchev–Trinajstić information content (AvgIpc) is 3.13. The van der Waals surface area contributed by atoms with Crippen molar-refractivity contribution in [3.05, 3.63) is 84.4 Å². The lowest BCUT2D eigenvalue weighted by atomic mass is 10.2. The van der Waals surface area contributed by atoms with Gasteiger partial charge >= 0.3 is 0 Å². The number of hydrogen-bond donors (Lipinski definition) is 1. The first-order valence-corrected chi connectivity index (χ1v) is 9.28. The number of nitrogens with zero attached hydrogens (tertiary/aromatic N) is 4. The van der Waals surface area contributed by atoms with Crippen LogP contribution in [0.2, 0.25) is 0 Å². The van der Waals surface area contributed by atoms with Gasteiger partial charge in [0.25, 0.3) is 5.91 Å². The van der Waals surface area contributed by atoms with Crippen LogP contribution in [-0.2, 0) is 13.1 Å². The molecule has 3 heterocycles. The molecule has 6 heteroatoms. The van der Waals surface area contributed by atoms with Crippen LogP contribution >= 0.6 is 0 Å². The van der Waals surface area contributed by atoms with Crippen LogP contribution in [-0.4, -0.2) is 27.0 Å². The predicted octanol–water partition coefficient (Wildman–Crippen LogP) is 3.70. The summed E-state index contributed by atoms with van der Waals surface area (Å²) in [6, 6.07) is 19.7. The highest BCUT2D eigenvalue weighted by molar-refractivity contribution is 6.04. The molecule has 0 bridgehead atoms. The lowest BCUT2D eigenvalue weighted by Crippen LogP contribution is -2.33. The van der Waals surface area contributed by atoms with E-state index in [2.05, 4.69) is 38.0 Å². The fraction of sp³-hybridized carbons (Fsp3) is 0.136. The van der Waals surface area contributed by atoms with Crippen molar-refractivity contribution in [2.75, 3.05) is 16.8 Å². The van der Waals surface area contributed by atoms with E-state index < -0.39 is 0 Å². The van der Waals surface area contributed by atoms with Gasteiger partial charge in [-0.05, 0) is 48.5 Å². The highest BCUT2D eigenvalue weighted by Crippen LogP contribution is 2.25. The smallest absolute Gasteiger partial charge is 0.257 e. The molecule has 28 heavy (non-hydrogen) atoms. The van der Waals surface area contributed by atoms with E-state index in [0.29, 0.717) is 5.56 Å². The summed E-state index contributed by atoms with van der Waals surface area (Å²) in [5, 5.41) is 2.91. The molecule has 1 aliphatic heterocycles. The zero-order chi connectivity index (χ0) is 18.9. The van der Waals surface area contributed by atoms with Crippen LogP contribution in [0.5, 0.6) is 0 Å². The summed E-state index contributed by atoms with van der Waals surface area (Å²) in [7, 11) is 0. The fourth-order valence-electron chi connectivity index (χ4n) is 3.64. The number of para-hydroxylation sites is 2. The highest BCUT2D eigenvalue weighted by Gasteiger charge is 2.20. The zero-order valence-electron chi connectivity index (χ0n) is 15.2. The second-order valence-corrected chi connectivity index (χ2v) is 6.83. The van der Waals surface area contributed by atoms with Gasteiger partial charge in [-0.2, -0.15) is 0 Å². The fourth-order valence-corrected chi connectivity index (χ4v) is 3.64. The Kier molecular flexibility index (Phi) is 4.01. The number of aromatic nitrogens is 3. The Morgan fingerprint density at radius 2 is 1.82 bits per heavy atom. The number of anilines is 2. The van der Waals surface area contributed by atoms with Gasteiger partial charge in [0, 0.05) is 36.9 Å². The Bertz CT molecular complexity index is 1130. The summed E-state index contributed by atoms with van der Waals surface area (Å²) in [5.41, 5.74) is 4.68. The van der Waals surface area contributed by atoms with Crippen LogP contribution in [0.3, 0.4) is 0 Å². The van der Waals surface area contributed by atoms with Crippen LogP contribution in [0.1, 0.15) is 16.2 Å². The minimum atomic E-state index is -0.160. The molecule has 0 aliphatic carbocycles. The largest absolute Gasteiger partial charge is 0.362 e. The van der Waals surface area contributed by atoms with Crippen molar-refractivity contribution < 1.29 is 4.79 Å². The number of amides is 1. The van der Waals surface area contributed by atoms with Gasteiger partial charge in [-0.25, -0.2) is 4.98 Å². The van der Waals surface area contributed by atoms with Crippen molar-refractivity contribution in [2.45, 2.75) is 13.1 Å². The summed E-state index contributed by atoms with van der Waals surface area (Å²) in [5.74, 6) is 0.925. The first-order valence-electron chi connectivity index (χ1n) is 9.28. The van der Waals surface area contributed by atoms with Crippen LogP contribution < -0.4 is 10.2 Å². The number of rotatable bonds is 3. The third-order valence-corrected chi connectivity index (χ3v) is 5.07. The molecule has 0 saturated heterocycles. The van der Waals surface area contributed by atoms with E-state index in [1.807, 2.05) is 30.3 Å². The van der Waals surface area contributed by atoms with Crippen molar-refractivity contribution in [2.24, 2.45) is 0 Å². The molecule has 5 rings (SSSR count). The van der Waals surface area contributed by atoms with Gasteiger partial charge in [0.15, 0.2) is 0 Å². The highest BCUT2D eigenvalue weighted by atomic mass is 16.1. The van der Waals surface area contributed by atoms with E-state index >= 15 is 0 Å². The maximum absolute atomic E-state index is 12.3. The molecule has 1 N–H and O–H groups in total. The number of carbonyl (C=O) groups is 1. The monoisotopic (exact) mass is 369 g/mol. The third kappa shape index (κ3) is 2.99. The molecule has 138 valence electrons. The standard InChI is InChI=1S/C22H19N5O/c28-22(16-4-3-11-23-14-16)24-17-7-9-18(10-8-17)26-12-13-27-20-6-2-1-5-19(20)25-21(27)15-26/h1-11,14H,12-13,15H2,(H,24,28). The van der Waals surface area contributed by atoms with Crippen molar-refractivity contribution in [1.82, 2.24) is 14.5 Å². The van der Waals surface area contributed by atoms with E-state index in [0.717, 1.165) is 42.4 Å². The van der Waals surface area contributed by atoms with Gasteiger partial charge in [-0.3, -0.25) is 9.78 Å². The van der Waals surface area contributed by atoms with Crippen LogP contribution in [0, 0.1) is 0 Å². The molecule has 2 aromatic carbocycles. The van der Waals surface area contributed by atoms with E-state index in [4.69, 9.17) is 4.98 Å². The summed E-state index contributed by atoms with van der Waals surface area (Å²) < 4.78 is 2.30. The Balaban J connectivity index is 1.32. The Morgan fingerprint density at radius 3 is 2.64 bits per heavy atom. The summed E-state index contributed by atoms with van der Waals surface area (Å²) >= 11 is 0. The number of nitrogens with one attached hydrogen (secondary N) is 1. The van der Waals surface area contributed by atoms with Crippen LogP contribution in [0.4, 0.5) is 11.4 Å². The number of benzene rings is 2. The van der Waals surface area contributed by atoms with Gasteiger partial charge in [-0.15, -0.1) is 0 Å². The molecule has 4 aromatic rings. The van der Waals surface area contributed by atoms with Crippen LogP contribution in [0.15, 0.2) is 73.1 Å². The predicted molar refractivity (Wildman–Crippen MR) is 109 cm³/mol. The average molecular weight is 369 g/mol. The first kappa shape index (κ1) is 16.5. The van der Waals surface area contributed by atoms with Crippen LogP contribution in [0.25, 0.3) is 11.0 Å². The van der Waals surface area contributed by atoms with Gasteiger partial charge in [0.1, 0.15) is 5.82 Å². The van der Waals surface area contributed by atoms with Crippen molar-refractivity contribution in [1.29, 1.82) is 0 Å². The van der Waals surface area contributed by atoms with E-state index in [-0.39, 0.29) is 5.91 Å². The Labute approximate surface area is 162 Å².